The van der Waals surface area contributed by atoms with Crippen molar-refractivity contribution >= 4 is 17.8 Å². The number of rotatable bonds is 9. The van der Waals surface area contributed by atoms with Crippen LogP contribution in [-0.2, 0) is 23.9 Å². The highest BCUT2D eigenvalue weighted by Crippen LogP contribution is 2.01. The van der Waals surface area contributed by atoms with Gasteiger partial charge in [0.05, 0.1) is 26.6 Å². The first kappa shape index (κ1) is 16.4. The summed E-state index contributed by atoms with van der Waals surface area (Å²) in [5.74, 6) is -1.75. The first-order valence-corrected chi connectivity index (χ1v) is 5.56. The van der Waals surface area contributed by atoms with Crippen LogP contribution in [0.4, 0.5) is 0 Å². The molecule has 0 fully saturated rings. The van der Waals surface area contributed by atoms with Crippen molar-refractivity contribution in [2.24, 2.45) is 0 Å². The number of aliphatic carboxylic acids is 1. The number of esters is 1. The fourth-order valence-electron chi connectivity index (χ4n) is 1.26. The third-order valence-corrected chi connectivity index (χ3v) is 2.28. The zero-order valence-electron chi connectivity index (χ0n) is 10.7. The van der Waals surface area contributed by atoms with E-state index in [-0.39, 0.29) is 31.7 Å². The van der Waals surface area contributed by atoms with Crippen molar-refractivity contribution in [3.63, 3.8) is 0 Å². The van der Waals surface area contributed by atoms with Gasteiger partial charge < -0.3 is 19.5 Å². The predicted molar refractivity (Wildman–Crippen MR) is 62.0 cm³/mol. The molecular weight excluding hydrogens is 242 g/mol. The molecule has 0 rings (SSSR count). The smallest absolute Gasteiger partial charge is 0.307 e. The standard InChI is InChI=1S/C11H19NO6/c1-17-8-7-12(6-5-11(16)18-2)9(13)3-4-10(14)15/h3-8H2,1-2H3,(H,14,15). The lowest BCUT2D eigenvalue weighted by molar-refractivity contribution is -0.144. The highest BCUT2D eigenvalue weighted by Gasteiger charge is 2.16. The Kier molecular flexibility index (Phi) is 8.55. The maximum atomic E-state index is 11.7. The predicted octanol–water partition coefficient (Wildman–Crippen LogP) is -0.111. The summed E-state index contributed by atoms with van der Waals surface area (Å²) in [6.07, 6.45) is -0.222. The van der Waals surface area contributed by atoms with E-state index in [0.29, 0.717) is 13.2 Å². The molecule has 7 heteroatoms. The first-order chi connectivity index (χ1) is 8.51. The molecule has 0 aliphatic heterocycles. The number of hydrogen-bond donors (Lipinski definition) is 1. The minimum absolute atomic E-state index is 0.0824. The summed E-state index contributed by atoms with van der Waals surface area (Å²) in [5, 5.41) is 8.51. The van der Waals surface area contributed by atoms with E-state index in [9.17, 15) is 14.4 Å². The maximum absolute atomic E-state index is 11.7. The van der Waals surface area contributed by atoms with Gasteiger partial charge in [0, 0.05) is 26.6 Å². The summed E-state index contributed by atoms with van der Waals surface area (Å²) in [5.41, 5.74) is 0. The average molecular weight is 261 g/mol. The topological polar surface area (TPSA) is 93.1 Å². The minimum atomic E-state index is -1.02. The number of carboxylic acids is 1. The van der Waals surface area contributed by atoms with Crippen molar-refractivity contribution in [1.29, 1.82) is 0 Å². The molecule has 104 valence electrons. The molecule has 0 atom stereocenters. The van der Waals surface area contributed by atoms with Crippen LogP contribution in [0.5, 0.6) is 0 Å². The Hall–Kier alpha value is -1.63. The molecule has 0 radical (unpaired) electrons. The number of carbonyl (C=O) groups excluding carboxylic acids is 2. The van der Waals surface area contributed by atoms with Crippen molar-refractivity contribution in [3.05, 3.63) is 0 Å². The Bertz CT molecular complexity index is 291. The first-order valence-electron chi connectivity index (χ1n) is 5.56. The van der Waals surface area contributed by atoms with Gasteiger partial charge in [-0.15, -0.1) is 0 Å². The summed E-state index contributed by atoms with van der Waals surface area (Å²) in [4.78, 5) is 34.5. The average Bonchev–Trinajstić information content (AvgIpc) is 2.35. The van der Waals surface area contributed by atoms with Gasteiger partial charge in [-0.3, -0.25) is 14.4 Å². The van der Waals surface area contributed by atoms with Crippen LogP contribution in [-0.4, -0.2) is 61.8 Å². The monoisotopic (exact) mass is 261 g/mol. The van der Waals surface area contributed by atoms with Gasteiger partial charge in [-0.25, -0.2) is 0 Å². The Morgan fingerprint density at radius 2 is 1.72 bits per heavy atom. The number of carboxylic acid groups (broad SMARTS) is 1. The summed E-state index contributed by atoms with van der Waals surface area (Å²) in [7, 11) is 2.77. The van der Waals surface area contributed by atoms with Gasteiger partial charge in [-0.1, -0.05) is 0 Å². The molecule has 0 aromatic rings. The Morgan fingerprint density at radius 3 is 2.22 bits per heavy atom. The molecule has 0 aliphatic rings. The summed E-state index contributed by atoms with van der Waals surface area (Å²) in [6.45, 7) is 0.862. The molecule has 0 bridgehead atoms. The molecule has 0 unspecified atom stereocenters. The third-order valence-electron chi connectivity index (χ3n) is 2.28. The van der Waals surface area contributed by atoms with Crippen molar-refractivity contribution in [2.75, 3.05) is 33.9 Å². The lowest BCUT2D eigenvalue weighted by Crippen LogP contribution is -2.36. The molecule has 1 N–H and O–H groups in total. The van der Waals surface area contributed by atoms with E-state index in [1.165, 1.54) is 19.1 Å². The summed E-state index contributed by atoms with van der Waals surface area (Å²) in [6, 6.07) is 0. The van der Waals surface area contributed by atoms with Gasteiger partial charge in [0.2, 0.25) is 5.91 Å². The van der Waals surface area contributed by atoms with Crippen molar-refractivity contribution in [2.45, 2.75) is 19.3 Å². The number of ether oxygens (including phenoxy) is 2. The van der Waals surface area contributed by atoms with E-state index in [2.05, 4.69) is 4.74 Å². The van der Waals surface area contributed by atoms with E-state index in [0.717, 1.165) is 0 Å². The molecule has 0 saturated heterocycles. The summed E-state index contributed by atoms with van der Waals surface area (Å²) < 4.78 is 9.34. The van der Waals surface area contributed by atoms with Crippen LogP contribution >= 0.6 is 0 Å². The lowest BCUT2D eigenvalue weighted by Gasteiger charge is -2.21. The zero-order valence-corrected chi connectivity index (χ0v) is 10.7. The van der Waals surface area contributed by atoms with Crippen LogP contribution in [0.1, 0.15) is 19.3 Å². The molecule has 0 aromatic carbocycles. The van der Waals surface area contributed by atoms with Gasteiger partial charge in [0.15, 0.2) is 0 Å². The quantitative estimate of drug-likeness (QED) is 0.582. The van der Waals surface area contributed by atoms with Crippen LogP contribution in [0, 0.1) is 0 Å². The van der Waals surface area contributed by atoms with Gasteiger partial charge in [-0.2, -0.15) is 0 Å². The fraction of sp³-hybridized carbons (Fsp3) is 0.727. The fourth-order valence-corrected chi connectivity index (χ4v) is 1.26. The van der Waals surface area contributed by atoms with Crippen LogP contribution in [0.25, 0.3) is 0 Å². The van der Waals surface area contributed by atoms with E-state index in [4.69, 9.17) is 9.84 Å². The number of carbonyl (C=O) groups is 3. The number of hydrogen-bond acceptors (Lipinski definition) is 5. The normalized spacial score (nSPS) is 9.89. The molecule has 18 heavy (non-hydrogen) atoms. The second kappa shape index (κ2) is 9.41. The second-order valence-electron chi connectivity index (χ2n) is 3.59. The molecule has 0 aromatic heterocycles. The molecule has 0 aliphatic carbocycles. The number of nitrogens with zero attached hydrogens (tertiary/aromatic N) is 1. The van der Waals surface area contributed by atoms with Crippen molar-refractivity contribution < 1.29 is 29.0 Å². The van der Waals surface area contributed by atoms with Crippen LogP contribution < -0.4 is 0 Å². The van der Waals surface area contributed by atoms with Gasteiger partial charge in [0.1, 0.15) is 0 Å². The van der Waals surface area contributed by atoms with E-state index >= 15 is 0 Å². The SMILES string of the molecule is COCCN(CCC(=O)OC)C(=O)CCC(=O)O. The zero-order chi connectivity index (χ0) is 14.0. The number of amides is 1. The van der Waals surface area contributed by atoms with E-state index in [1.54, 1.807) is 0 Å². The van der Waals surface area contributed by atoms with E-state index in [1.807, 2.05) is 0 Å². The van der Waals surface area contributed by atoms with E-state index < -0.39 is 11.9 Å². The molecule has 0 heterocycles. The minimum Gasteiger partial charge on any atom is -0.481 e. The Labute approximate surface area is 106 Å². The number of methoxy groups -OCH3 is 2. The highest BCUT2D eigenvalue weighted by molar-refractivity contribution is 5.81. The van der Waals surface area contributed by atoms with Crippen molar-refractivity contribution in [1.82, 2.24) is 4.90 Å². The van der Waals surface area contributed by atoms with Crippen LogP contribution in [0.15, 0.2) is 0 Å². The van der Waals surface area contributed by atoms with Crippen LogP contribution in [0.2, 0.25) is 0 Å². The Balaban J connectivity index is 4.22. The van der Waals surface area contributed by atoms with Crippen LogP contribution in [0.3, 0.4) is 0 Å². The lowest BCUT2D eigenvalue weighted by atomic mass is 10.2. The highest BCUT2D eigenvalue weighted by atomic mass is 16.5. The third kappa shape index (κ3) is 7.61. The second-order valence-corrected chi connectivity index (χ2v) is 3.59. The van der Waals surface area contributed by atoms with Gasteiger partial charge in [0.25, 0.3) is 0 Å². The Morgan fingerprint density at radius 1 is 1.06 bits per heavy atom. The maximum Gasteiger partial charge on any atom is 0.307 e. The molecule has 7 nitrogen and oxygen atoms in total. The van der Waals surface area contributed by atoms with Gasteiger partial charge in [-0.05, 0) is 0 Å². The summed E-state index contributed by atoms with van der Waals surface area (Å²) >= 11 is 0. The molecular formula is C11H19NO6. The molecule has 0 spiro atoms. The molecule has 1 amide bonds. The van der Waals surface area contributed by atoms with Gasteiger partial charge >= 0.3 is 11.9 Å². The largest absolute Gasteiger partial charge is 0.481 e. The molecule has 0 saturated carbocycles. The van der Waals surface area contributed by atoms with Crippen molar-refractivity contribution in [3.8, 4) is 0 Å².